The van der Waals surface area contributed by atoms with Gasteiger partial charge in [-0.3, -0.25) is 4.79 Å². The molecule has 19 heavy (non-hydrogen) atoms. The van der Waals surface area contributed by atoms with Crippen molar-refractivity contribution in [2.75, 3.05) is 31.9 Å². The summed E-state index contributed by atoms with van der Waals surface area (Å²) >= 11 is 0. The quantitative estimate of drug-likeness (QED) is 0.585. The van der Waals surface area contributed by atoms with Crippen LogP contribution in [0.5, 0.6) is 0 Å². The predicted molar refractivity (Wildman–Crippen MR) is 75.6 cm³/mol. The fourth-order valence-electron chi connectivity index (χ4n) is 1.81. The van der Waals surface area contributed by atoms with E-state index in [2.05, 4.69) is 24.1 Å². The summed E-state index contributed by atoms with van der Waals surface area (Å²) in [6, 6.07) is 4.09. The summed E-state index contributed by atoms with van der Waals surface area (Å²) < 4.78 is 13.2. The average molecular weight is 267 g/mol. The van der Waals surface area contributed by atoms with E-state index >= 15 is 0 Å². The van der Waals surface area contributed by atoms with Gasteiger partial charge >= 0.3 is 0 Å². The van der Waals surface area contributed by atoms with E-state index in [9.17, 15) is 9.18 Å². The van der Waals surface area contributed by atoms with Gasteiger partial charge in [0.15, 0.2) is 0 Å². The van der Waals surface area contributed by atoms with Crippen LogP contribution in [0.3, 0.4) is 0 Å². The third-order valence-electron chi connectivity index (χ3n) is 3.09. The first kappa shape index (κ1) is 15.4. The smallest absolute Gasteiger partial charge is 0.251 e. The van der Waals surface area contributed by atoms with Gasteiger partial charge in [-0.1, -0.05) is 13.8 Å². The van der Waals surface area contributed by atoms with E-state index in [1.54, 1.807) is 0 Å². The molecule has 0 spiro atoms. The monoisotopic (exact) mass is 267 g/mol. The summed E-state index contributed by atoms with van der Waals surface area (Å²) in [6.07, 6.45) is 0.880. The molecule has 0 aliphatic carbocycles. The molecule has 0 fully saturated rings. The summed E-state index contributed by atoms with van der Waals surface area (Å²) in [5.74, 6) is -0.825. The Balaban J connectivity index is 2.37. The van der Waals surface area contributed by atoms with Crippen LogP contribution in [0.1, 0.15) is 30.6 Å². The van der Waals surface area contributed by atoms with E-state index in [0.29, 0.717) is 12.1 Å². The fourth-order valence-corrected chi connectivity index (χ4v) is 1.81. The van der Waals surface area contributed by atoms with Crippen LogP contribution in [0.4, 0.5) is 10.1 Å². The number of amides is 1. The Morgan fingerprint density at radius 2 is 2.05 bits per heavy atom. The van der Waals surface area contributed by atoms with E-state index < -0.39 is 5.82 Å². The topological polar surface area (TPSA) is 58.4 Å². The molecule has 0 bridgehead atoms. The normalized spacial score (nSPS) is 10.7. The van der Waals surface area contributed by atoms with Gasteiger partial charge in [-0.25, -0.2) is 4.39 Å². The number of benzene rings is 1. The lowest BCUT2D eigenvalue weighted by Gasteiger charge is -2.17. The summed E-state index contributed by atoms with van der Waals surface area (Å²) in [5.41, 5.74) is 5.72. The lowest BCUT2D eigenvalue weighted by molar-refractivity contribution is 0.0951. The average Bonchev–Trinajstić information content (AvgIpc) is 2.42. The van der Waals surface area contributed by atoms with Crippen molar-refractivity contribution >= 4 is 11.6 Å². The lowest BCUT2D eigenvalue weighted by atomic mass is 10.2. The Morgan fingerprint density at radius 3 is 2.63 bits per heavy atom. The summed E-state index contributed by atoms with van der Waals surface area (Å²) in [4.78, 5) is 14.0. The molecule has 1 aromatic carbocycles. The van der Waals surface area contributed by atoms with E-state index in [0.717, 1.165) is 32.1 Å². The second-order valence-electron chi connectivity index (χ2n) is 4.37. The van der Waals surface area contributed by atoms with Gasteiger partial charge in [-0.15, -0.1) is 0 Å². The number of anilines is 1. The minimum Gasteiger partial charge on any atom is -0.396 e. The zero-order valence-electron chi connectivity index (χ0n) is 11.6. The van der Waals surface area contributed by atoms with Gasteiger partial charge < -0.3 is 16.0 Å². The molecule has 1 aromatic rings. The number of nitrogens with two attached hydrogens (primary N) is 1. The number of carbonyl (C=O) groups excluding carboxylic acids is 1. The minimum atomic E-state index is -0.559. The molecule has 0 aromatic heterocycles. The van der Waals surface area contributed by atoms with Crippen LogP contribution in [-0.4, -0.2) is 37.0 Å². The van der Waals surface area contributed by atoms with Crippen LogP contribution in [0, 0.1) is 5.82 Å². The van der Waals surface area contributed by atoms with E-state index in [4.69, 9.17) is 5.73 Å². The number of nitrogen functional groups attached to an aromatic ring is 1. The molecular formula is C14H22FN3O. The van der Waals surface area contributed by atoms with Crippen molar-refractivity contribution in [1.29, 1.82) is 0 Å². The van der Waals surface area contributed by atoms with Gasteiger partial charge in [0.1, 0.15) is 5.82 Å². The molecule has 0 radical (unpaired) electrons. The molecule has 5 heteroatoms. The molecule has 0 unspecified atom stereocenters. The molecule has 0 atom stereocenters. The highest BCUT2D eigenvalue weighted by Gasteiger charge is 2.08. The van der Waals surface area contributed by atoms with Crippen molar-refractivity contribution in [2.45, 2.75) is 20.3 Å². The maximum atomic E-state index is 13.2. The van der Waals surface area contributed by atoms with Gasteiger partial charge in [0.25, 0.3) is 5.91 Å². The van der Waals surface area contributed by atoms with E-state index in [-0.39, 0.29) is 11.6 Å². The van der Waals surface area contributed by atoms with Gasteiger partial charge in [0.05, 0.1) is 5.69 Å². The maximum absolute atomic E-state index is 13.2. The van der Waals surface area contributed by atoms with Crippen molar-refractivity contribution in [3.05, 3.63) is 29.6 Å². The van der Waals surface area contributed by atoms with Gasteiger partial charge in [-0.05, 0) is 44.3 Å². The van der Waals surface area contributed by atoms with Crippen molar-refractivity contribution < 1.29 is 9.18 Å². The summed E-state index contributed by atoms with van der Waals surface area (Å²) in [7, 11) is 0. The molecule has 0 aliphatic rings. The van der Waals surface area contributed by atoms with Crippen LogP contribution < -0.4 is 11.1 Å². The second kappa shape index (κ2) is 7.74. The number of hydrogen-bond acceptors (Lipinski definition) is 3. The van der Waals surface area contributed by atoms with Gasteiger partial charge in [-0.2, -0.15) is 0 Å². The molecule has 1 amide bonds. The Labute approximate surface area is 113 Å². The molecular weight excluding hydrogens is 245 g/mol. The third kappa shape index (κ3) is 4.87. The molecule has 0 saturated heterocycles. The minimum absolute atomic E-state index is 0.0538. The first-order valence-electron chi connectivity index (χ1n) is 6.64. The Morgan fingerprint density at radius 1 is 1.37 bits per heavy atom. The molecule has 0 aliphatic heterocycles. The Kier molecular flexibility index (Phi) is 6.29. The highest BCUT2D eigenvalue weighted by Crippen LogP contribution is 2.11. The van der Waals surface area contributed by atoms with Crippen molar-refractivity contribution in [3.63, 3.8) is 0 Å². The summed E-state index contributed by atoms with van der Waals surface area (Å²) in [5, 5.41) is 2.78. The standard InChI is InChI=1S/C14H22FN3O/c1-3-18(4-2)9-5-8-17-14(19)11-6-7-13(16)12(15)10-11/h6-7,10H,3-5,8-9,16H2,1-2H3,(H,17,19). The SMILES string of the molecule is CCN(CC)CCCNC(=O)c1ccc(N)c(F)c1. The zero-order valence-corrected chi connectivity index (χ0v) is 11.6. The molecule has 4 nitrogen and oxygen atoms in total. The van der Waals surface area contributed by atoms with E-state index in [1.165, 1.54) is 12.1 Å². The third-order valence-corrected chi connectivity index (χ3v) is 3.09. The molecule has 3 N–H and O–H groups in total. The van der Waals surface area contributed by atoms with Crippen LogP contribution in [0.15, 0.2) is 18.2 Å². The Bertz CT molecular complexity index is 419. The molecule has 0 saturated carbocycles. The number of rotatable bonds is 7. The number of halogens is 1. The largest absolute Gasteiger partial charge is 0.396 e. The molecule has 106 valence electrons. The highest BCUT2D eigenvalue weighted by atomic mass is 19.1. The molecule has 0 heterocycles. The molecule has 1 rings (SSSR count). The highest BCUT2D eigenvalue weighted by molar-refractivity contribution is 5.94. The Hall–Kier alpha value is -1.62. The number of nitrogens with zero attached hydrogens (tertiary/aromatic N) is 1. The van der Waals surface area contributed by atoms with Crippen LogP contribution in [0.25, 0.3) is 0 Å². The van der Waals surface area contributed by atoms with Crippen LogP contribution in [0.2, 0.25) is 0 Å². The van der Waals surface area contributed by atoms with Crippen LogP contribution >= 0.6 is 0 Å². The van der Waals surface area contributed by atoms with Crippen molar-refractivity contribution in [3.8, 4) is 0 Å². The first-order valence-corrected chi connectivity index (χ1v) is 6.64. The zero-order chi connectivity index (χ0) is 14.3. The fraction of sp³-hybridized carbons (Fsp3) is 0.500. The first-order chi connectivity index (χ1) is 9.08. The number of hydrogen-bond donors (Lipinski definition) is 2. The predicted octanol–water partition coefficient (Wildman–Crippen LogP) is 1.87. The van der Waals surface area contributed by atoms with Gasteiger partial charge in [0.2, 0.25) is 0 Å². The maximum Gasteiger partial charge on any atom is 0.251 e. The summed E-state index contributed by atoms with van der Waals surface area (Å²) in [6.45, 7) is 7.77. The van der Waals surface area contributed by atoms with Crippen molar-refractivity contribution in [2.24, 2.45) is 0 Å². The number of nitrogens with one attached hydrogen (secondary N) is 1. The number of carbonyl (C=O) groups is 1. The van der Waals surface area contributed by atoms with E-state index in [1.807, 2.05) is 0 Å². The van der Waals surface area contributed by atoms with Crippen molar-refractivity contribution in [1.82, 2.24) is 10.2 Å². The van der Waals surface area contributed by atoms with Crippen LogP contribution in [-0.2, 0) is 0 Å². The second-order valence-corrected chi connectivity index (χ2v) is 4.37. The van der Waals surface area contributed by atoms with Gasteiger partial charge in [0, 0.05) is 12.1 Å². The lowest BCUT2D eigenvalue weighted by Crippen LogP contribution is -2.29.